The van der Waals surface area contributed by atoms with E-state index in [0.29, 0.717) is 5.69 Å². The smallest absolute Gasteiger partial charge is 0.292 e. The van der Waals surface area contributed by atoms with Gasteiger partial charge in [0.25, 0.3) is 6.01 Å². The number of nitrogen functional groups attached to an aromatic ring is 1. The molecule has 1 radical (unpaired) electrons. The van der Waals surface area contributed by atoms with Crippen LogP contribution in [0.15, 0.2) is 10.7 Å². The normalized spacial score (nSPS) is 9.33. The summed E-state index contributed by atoms with van der Waals surface area (Å²) in [6.07, 6.45) is 3.14. The molecule has 0 aromatic carbocycles. The fraction of sp³-hybridized carbons (Fsp3) is 0.200. The van der Waals surface area contributed by atoms with Crippen LogP contribution in [0.3, 0.4) is 0 Å². The molecule has 0 spiro atoms. The quantitative estimate of drug-likeness (QED) is 0.599. The van der Waals surface area contributed by atoms with Crippen LogP contribution >= 0.6 is 0 Å². The summed E-state index contributed by atoms with van der Waals surface area (Å²) in [7, 11) is 0. The molecule has 4 heteroatoms. The molecule has 0 aliphatic carbocycles. The van der Waals surface area contributed by atoms with E-state index >= 15 is 0 Å². The first kappa shape index (κ1) is 5.81. The molecule has 1 rings (SSSR count). The van der Waals surface area contributed by atoms with Crippen LogP contribution in [-0.4, -0.2) is 11.3 Å². The van der Waals surface area contributed by atoms with Gasteiger partial charge in [-0.1, -0.05) is 0 Å². The predicted molar refractivity (Wildman–Crippen MR) is 30.3 cm³/mol. The second-order valence-electron chi connectivity index (χ2n) is 1.50. The van der Waals surface area contributed by atoms with Crippen molar-refractivity contribution in [2.24, 2.45) is 0 Å². The van der Waals surface area contributed by atoms with Crippen LogP contribution in [0.1, 0.15) is 5.69 Å². The Hall–Kier alpha value is -1.32. The Balaban J connectivity index is 2.72. The highest BCUT2D eigenvalue weighted by Crippen LogP contribution is 2.01. The van der Waals surface area contributed by atoms with E-state index in [1.807, 2.05) is 0 Å². The molecule has 4 nitrogen and oxygen atoms in total. The number of anilines is 1. The van der Waals surface area contributed by atoms with E-state index in [0.717, 1.165) is 0 Å². The van der Waals surface area contributed by atoms with Crippen molar-refractivity contribution in [3.05, 3.63) is 12.0 Å². The van der Waals surface area contributed by atoms with E-state index in [4.69, 9.17) is 5.73 Å². The third-order valence-corrected chi connectivity index (χ3v) is 0.823. The van der Waals surface area contributed by atoms with Gasteiger partial charge in [-0.15, -0.1) is 0 Å². The Morgan fingerprint density at radius 3 is 3.11 bits per heavy atom. The summed E-state index contributed by atoms with van der Waals surface area (Å²) in [6, 6.07) is 0.0836. The molecule has 1 aromatic rings. The van der Waals surface area contributed by atoms with Gasteiger partial charge < -0.3 is 10.2 Å². The largest absolute Gasteiger partial charge is 0.432 e. The van der Waals surface area contributed by atoms with Gasteiger partial charge in [0.15, 0.2) is 0 Å². The van der Waals surface area contributed by atoms with E-state index in [1.165, 1.54) is 6.26 Å². The Labute approximate surface area is 51.7 Å². The van der Waals surface area contributed by atoms with Gasteiger partial charge in [-0.25, -0.2) is 0 Å². The molecule has 0 bridgehead atoms. The maximum absolute atomic E-state index is 9.74. The molecular formula is C5H5N2O2. The van der Waals surface area contributed by atoms with Gasteiger partial charge in [-0.3, -0.25) is 4.79 Å². The second-order valence-corrected chi connectivity index (χ2v) is 1.50. The van der Waals surface area contributed by atoms with Crippen molar-refractivity contribution >= 4 is 12.3 Å². The molecule has 0 saturated heterocycles. The molecular weight excluding hydrogens is 120 g/mol. The second kappa shape index (κ2) is 2.30. The van der Waals surface area contributed by atoms with Crippen LogP contribution in [-0.2, 0) is 11.2 Å². The minimum atomic E-state index is 0.0836. The van der Waals surface area contributed by atoms with E-state index in [2.05, 4.69) is 9.40 Å². The van der Waals surface area contributed by atoms with E-state index in [9.17, 15) is 4.79 Å². The zero-order valence-corrected chi connectivity index (χ0v) is 4.63. The molecule has 47 valence electrons. The molecule has 1 aromatic heterocycles. The van der Waals surface area contributed by atoms with Crippen LogP contribution in [0.5, 0.6) is 0 Å². The van der Waals surface area contributed by atoms with Crippen molar-refractivity contribution < 1.29 is 9.21 Å². The number of oxazole rings is 1. The summed E-state index contributed by atoms with van der Waals surface area (Å²) in [5.74, 6) is 0. The SMILES string of the molecule is Nc1nc(C[C]=O)co1. The molecule has 2 N–H and O–H groups in total. The number of hydrogen-bond donors (Lipinski definition) is 1. The summed E-state index contributed by atoms with van der Waals surface area (Å²) in [5, 5.41) is 0. The van der Waals surface area contributed by atoms with Crippen LogP contribution in [0.25, 0.3) is 0 Å². The molecule has 9 heavy (non-hydrogen) atoms. The third-order valence-electron chi connectivity index (χ3n) is 0.823. The summed E-state index contributed by atoms with van der Waals surface area (Å²) in [6.45, 7) is 0. The Morgan fingerprint density at radius 1 is 1.89 bits per heavy atom. The van der Waals surface area contributed by atoms with Crippen molar-refractivity contribution in [1.82, 2.24) is 4.98 Å². The summed E-state index contributed by atoms with van der Waals surface area (Å²) >= 11 is 0. The lowest BCUT2D eigenvalue weighted by Gasteiger charge is -1.75. The van der Waals surface area contributed by atoms with Gasteiger partial charge in [0.2, 0.25) is 6.29 Å². The molecule has 0 aliphatic heterocycles. The Morgan fingerprint density at radius 2 is 2.67 bits per heavy atom. The third kappa shape index (κ3) is 1.28. The van der Waals surface area contributed by atoms with Crippen molar-refractivity contribution in [3.8, 4) is 0 Å². The zero-order chi connectivity index (χ0) is 6.69. The number of nitrogens with zero attached hydrogens (tertiary/aromatic N) is 1. The van der Waals surface area contributed by atoms with Gasteiger partial charge in [-0.2, -0.15) is 4.98 Å². The van der Waals surface area contributed by atoms with Crippen molar-refractivity contribution in [3.63, 3.8) is 0 Å². The van der Waals surface area contributed by atoms with Gasteiger partial charge in [0, 0.05) is 0 Å². The number of aromatic nitrogens is 1. The highest BCUT2D eigenvalue weighted by Gasteiger charge is 1.97. The van der Waals surface area contributed by atoms with Crippen LogP contribution in [0.2, 0.25) is 0 Å². The first-order valence-corrected chi connectivity index (χ1v) is 2.38. The summed E-state index contributed by atoms with van der Waals surface area (Å²) in [4.78, 5) is 13.4. The fourth-order valence-electron chi connectivity index (χ4n) is 0.478. The lowest BCUT2D eigenvalue weighted by molar-refractivity contribution is 0.553. The maximum Gasteiger partial charge on any atom is 0.292 e. The van der Waals surface area contributed by atoms with Gasteiger partial charge in [0.05, 0.1) is 12.1 Å². The molecule has 0 amide bonds. The minimum absolute atomic E-state index is 0.0836. The number of carbonyl (C=O) groups excluding carboxylic acids is 1. The van der Waals surface area contributed by atoms with Crippen molar-refractivity contribution in [2.45, 2.75) is 6.42 Å². The number of rotatable bonds is 2. The first-order valence-electron chi connectivity index (χ1n) is 2.38. The number of nitrogens with two attached hydrogens (primary N) is 1. The summed E-state index contributed by atoms with van der Waals surface area (Å²) < 4.78 is 4.60. The van der Waals surface area contributed by atoms with Crippen LogP contribution < -0.4 is 5.73 Å². The highest BCUT2D eigenvalue weighted by atomic mass is 16.4. The lowest BCUT2D eigenvalue weighted by atomic mass is 10.4. The van der Waals surface area contributed by atoms with Crippen molar-refractivity contribution in [1.29, 1.82) is 0 Å². The molecule has 0 atom stereocenters. The number of hydrogen-bond acceptors (Lipinski definition) is 4. The van der Waals surface area contributed by atoms with Crippen molar-refractivity contribution in [2.75, 3.05) is 5.73 Å². The molecule has 0 saturated carbocycles. The van der Waals surface area contributed by atoms with E-state index < -0.39 is 0 Å². The first-order chi connectivity index (χ1) is 4.33. The van der Waals surface area contributed by atoms with Crippen LogP contribution in [0.4, 0.5) is 6.01 Å². The van der Waals surface area contributed by atoms with E-state index in [-0.39, 0.29) is 12.4 Å². The lowest BCUT2D eigenvalue weighted by Crippen LogP contribution is -1.87. The predicted octanol–water partition coefficient (Wildman–Crippen LogP) is -0.0910. The standard InChI is InChI=1S/C5H5N2O2/c6-5-7-4(1-2-8)3-9-5/h3H,1H2,(H2,6,7). The maximum atomic E-state index is 9.74. The Bertz CT molecular complexity index is 206. The van der Waals surface area contributed by atoms with Crippen LogP contribution in [0, 0.1) is 0 Å². The van der Waals surface area contributed by atoms with Gasteiger partial charge >= 0.3 is 0 Å². The average Bonchev–Trinajstić information content (AvgIpc) is 2.17. The fourth-order valence-corrected chi connectivity index (χ4v) is 0.478. The molecule has 0 aliphatic rings. The van der Waals surface area contributed by atoms with Gasteiger partial charge in [-0.05, 0) is 0 Å². The monoisotopic (exact) mass is 125 g/mol. The molecule has 1 heterocycles. The zero-order valence-electron chi connectivity index (χ0n) is 4.63. The average molecular weight is 125 g/mol. The summed E-state index contributed by atoms with van der Waals surface area (Å²) in [5.41, 5.74) is 5.62. The molecule has 0 fully saturated rings. The molecule has 0 unspecified atom stereocenters. The highest BCUT2D eigenvalue weighted by molar-refractivity contribution is 5.54. The minimum Gasteiger partial charge on any atom is -0.432 e. The topological polar surface area (TPSA) is 69.1 Å². The van der Waals surface area contributed by atoms with E-state index in [1.54, 1.807) is 6.29 Å². The van der Waals surface area contributed by atoms with Gasteiger partial charge in [0.1, 0.15) is 6.26 Å². The Kier molecular flexibility index (Phi) is 1.48.